The number of sulfonamides is 1. The van der Waals surface area contributed by atoms with Crippen LogP contribution in [0.2, 0.25) is 5.02 Å². The number of carbonyl (C=O) groups excluding carboxylic acids is 1. The van der Waals surface area contributed by atoms with Crippen LogP contribution in [0, 0.1) is 0 Å². The molecule has 7 nitrogen and oxygen atoms in total. The molecule has 0 bridgehead atoms. The molecule has 1 aliphatic heterocycles. The fourth-order valence-electron chi connectivity index (χ4n) is 2.22. The highest BCUT2D eigenvalue weighted by atomic mass is 35.5. The minimum absolute atomic E-state index is 0.0232. The molecule has 0 spiro atoms. The van der Waals surface area contributed by atoms with E-state index in [9.17, 15) is 13.2 Å². The van der Waals surface area contributed by atoms with Gasteiger partial charge in [0.15, 0.2) is 0 Å². The van der Waals surface area contributed by atoms with E-state index in [1.165, 1.54) is 32.2 Å². The van der Waals surface area contributed by atoms with Crippen molar-refractivity contribution in [2.75, 3.05) is 33.4 Å². The summed E-state index contributed by atoms with van der Waals surface area (Å²) in [5.41, 5.74) is 0. The smallest absolute Gasteiger partial charge is 0.241 e. The topological polar surface area (TPSA) is 84.9 Å². The van der Waals surface area contributed by atoms with Gasteiger partial charge in [0.05, 0.1) is 36.3 Å². The van der Waals surface area contributed by atoms with Gasteiger partial charge in [0.25, 0.3) is 0 Å². The van der Waals surface area contributed by atoms with Crippen LogP contribution in [0.25, 0.3) is 0 Å². The maximum atomic E-state index is 12.4. The molecule has 0 aliphatic carbocycles. The molecule has 0 aromatic heterocycles. The van der Waals surface area contributed by atoms with Crippen molar-refractivity contribution in [3.63, 3.8) is 0 Å². The molecule has 1 aromatic carbocycles. The Labute approximate surface area is 140 Å². The van der Waals surface area contributed by atoms with E-state index in [2.05, 4.69) is 4.72 Å². The van der Waals surface area contributed by atoms with E-state index in [-0.39, 0.29) is 15.8 Å². The molecular formula is C14H19ClN2O5S. The van der Waals surface area contributed by atoms with E-state index in [4.69, 9.17) is 21.1 Å². The van der Waals surface area contributed by atoms with Gasteiger partial charge in [-0.1, -0.05) is 11.6 Å². The number of amides is 1. The lowest BCUT2D eigenvalue weighted by Crippen LogP contribution is -2.50. The second kappa shape index (κ2) is 7.48. The number of ether oxygens (including phenoxy) is 2. The zero-order valence-electron chi connectivity index (χ0n) is 12.9. The molecule has 1 amide bonds. The van der Waals surface area contributed by atoms with E-state index < -0.39 is 16.1 Å². The first-order chi connectivity index (χ1) is 10.8. The molecule has 128 valence electrons. The quantitative estimate of drug-likeness (QED) is 0.840. The molecule has 1 heterocycles. The number of hydrogen-bond acceptors (Lipinski definition) is 5. The second-order valence-electron chi connectivity index (χ2n) is 5.08. The molecule has 23 heavy (non-hydrogen) atoms. The van der Waals surface area contributed by atoms with E-state index in [0.29, 0.717) is 32.1 Å². The normalized spacial score (nSPS) is 16.9. The van der Waals surface area contributed by atoms with Crippen LogP contribution >= 0.6 is 11.6 Å². The molecular weight excluding hydrogens is 344 g/mol. The Morgan fingerprint density at radius 3 is 2.61 bits per heavy atom. The first-order valence-corrected chi connectivity index (χ1v) is 8.93. The minimum Gasteiger partial charge on any atom is -0.495 e. The molecule has 1 unspecified atom stereocenters. The molecule has 1 saturated heterocycles. The maximum absolute atomic E-state index is 12.4. The summed E-state index contributed by atoms with van der Waals surface area (Å²) in [7, 11) is -2.42. The number of rotatable bonds is 5. The third-order valence-corrected chi connectivity index (χ3v) is 5.29. The number of nitrogens with zero attached hydrogens (tertiary/aromatic N) is 1. The number of methoxy groups -OCH3 is 1. The molecule has 1 fully saturated rings. The largest absolute Gasteiger partial charge is 0.495 e. The second-order valence-corrected chi connectivity index (χ2v) is 7.20. The number of carbonyl (C=O) groups is 1. The summed E-state index contributed by atoms with van der Waals surface area (Å²) in [5.74, 6) is 0.0968. The molecule has 2 rings (SSSR count). The van der Waals surface area contributed by atoms with Crippen molar-refractivity contribution >= 4 is 27.5 Å². The molecule has 9 heteroatoms. The van der Waals surface area contributed by atoms with Gasteiger partial charge in [-0.05, 0) is 25.1 Å². The van der Waals surface area contributed by atoms with Crippen molar-refractivity contribution in [2.45, 2.75) is 17.9 Å². The Balaban J connectivity index is 2.10. The summed E-state index contributed by atoms with van der Waals surface area (Å²) < 4.78 is 37.3. The summed E-state index contributed by atoms with van der Waals surface area (Å²) in [6.07, 6.45) is 0. The van der Waals surface area contributed by atoms with Crippen LogP contribution in [0.15, 0.2) is 23.1 Å². The highest BCUT2D eigenvalue weighted by Crippen LogP contribution is 2.26. The number of benzene rings is 1. The van der Waals surface area contributed by atoms with Crippen molar-refractivity contribution < 1.29 is 22.7 Å². The molecule has 1 aliphatic rings. The number of halogens is 1. The van der Waals surface area contributed by atoms with Crippen LogP contribution in [0.4, 0.5) is 0 Å². The molecule has 0 saturated carbocycles. The van der Waals surface area contributed by atoms with Gasteiger partial charge in [0, 0.05) is 13.1 Å². The van der Waals surface area contributed by atoms with Crippen molar-refractivity contribution in [3.8, 4) is 5.75 Å². The highest BCUT2D eigenvalue weighted by Gasteiger charge is 2.27. The average molecular weight is 363 g/mol. The van der Waals surface area contributed by atoms with Gasteiger partial charge < -0.3 is 14.4 Å². The lowest BCUT2D eigenvalue weighted by Gasteiger charge is -2.29. The summed E-state index contributed by atoms with van der Waals surface area (Å²) in [6, 6.07) is 3.25. The van der Waals surface area contributed by atoms with E-state index >= 15 is 0 Å². The standard InChI is InChI=1S/C14H19ClN2O5S/c1-10(14(18)17-5-7-22-8-6-17)16-23(19,20)11-3-4-13(21-2)12(15)9-11/h3-4,9-10,16H,5-8H2,1-2H3. The van der Waals surface area contributed by atoms with E-state index in [1.807, 2.05) is 0 Å². The Morgan fingerprint density at radius 1 is 1.39 bits per heavy atom. The SMILES string of the molecule is COc1ccc(S(=O)(=O)NC(C)C(=O)N2CCOCC2)cc1Cl. The fraction of sp³-hybridized carbons (Fsp3) is 0.500. The highest BCUT2D eigenvalue weighted by molar-refractivity contribution is 7.89. The summed E-state index contributed by atoms with van der Waals surface area (Å²) >= 11 is 5.95. The van der Waals surface area contributed by atoms with Gasteiger partial charge in [0.1, 0.15) is 5.75 Å². The van der Waals surface area contributed by atoms with Crippen molar-refractivity contribution in [3.05, 3.63) is 23.2 Å². The van der Waals surface area contributed by atoms with Gasteiger partial charge in [-0.25, -0.2) is 8.42 Å². The Hall–Kier alpha value is -1.35. The third kappa shape index (κ3) is 4.35. The summed E-state index contributed by atoms with van der Waals surface area (Å²) in [5, 5.41) is 0.183. The van der Waals surface area contributed by atoms with Crippen molar-refractivity contribution in [1.29, 1.82) is 0 Å². The van der Waals surface area contributed by atoms with Gasteiger partial charge in [-0.15, -0.1) is 0 Å². The van der Waals surface area contributed by atoms with Crippen LogP contribution in [-0.4, -0.2) is 58.7 Å². The maximum Gasteiger partial charge on any atom is 0.241 e. The van der Waals surface area contributed by atoms with Crippen LogP contribution < -0.4 is 9.46 Å². The zero-order chi connectivity index (χ0) is 17.0. The van der Waals surface area contributed by atoms with Gasteiger partial charge in [-0.2, -0.15) is 4.72 Å². The Bertz CT molecular complexity index is 674. The summed E-state index contributed by atoms with van der Waals surface area (Å²) in [6.45, 7) is 3.34. The number of nitrogens with one attached hydrogen (secondary N) is 1. The predicted octanol–water partition coefficient (Wildman–Crippen LogP) is 0.874. The van der Waals surface area contributed by atoms with Crippen LogP contribution in [0.3, 0.4) is 0 Å². The van der Waals surface area contributed by atoms with Crippen LogP contribution in [0.1, 0.15) is 6.92 Å². The third-order valence-electron chi connectivity index (χ3n) is 3.46. The lowest BCUT2D eigenvalue weighted by atomic mass is 10.3. The van der Waals surface area contributed by atoms with E-state index in [1.54, 1.807) is 4.90 Å². The Kier molecular flexibility index (Phi) is 5.85. The average Bonchev–Trinajstić information content (AvgIpc) is 2.54. The molecule has 1 atom stereocenters. The molecule has 0 radical (unpaired) electrons. The number of morpholine rings is 1. The first-order valence-electron chi connectivity index (χ1n) is 7.07. The predicted molar refractivity (Wildman–Crippen MR) is 85.2 cm³/mol. The molecule has 1 aromatic rings. The zero-order valence-corrected chi connectivity index (χ0v) is 14.5. The van der Waals surface area contributed by atoms with Crippen molar-refractivity contribution in [1.82, 2.24) is 9.62 Å². The van der Waals surface area contributed by atoms with Gasteiger partial charge >= 0.3 is 0 Å². The monoisotopic (exact) mass is 362 g/mol. The number of hydrogen-bond donors (Lipinski definition) is 1. The van der Waals surface area contributed by atoms with Crippen LogP contribution in [-0.2, 0) is 19.6 Å². The van der Waals surface area contributed by atoms with E-state index in [0.717, 1.165) is 0 Å². The van der Waals surface area contributed by atoms with Gasteiger partial charge in [0.2, 0.25) is 15.9 Å². The lowest BCUT2D eigenvalue weighted by molar-refractivity contribution is -0.136. The fourth-order valence-corrected chi connectivity index (χ4v) is 3.77. The van der Waals surface area contributed by atoms with Gasteiger partial charge in [-0.3, -0.25) is 4.79 Å². The first kappa shape index (κ1) is 18.0. The van der Waals surface area contributed by atoms with Crippen molar-refractivity contribution in [2.24, 2.45) is 0 Å². The Morgan fingerprint density at radius 2 is 2.04 bits per heavy atom. The molecule has 1 N–H and O–H groups in total. The summed E-state index contributed by atoms with van der Waals surface area (Å²) in [4.78, 5) is 13.8. The van der Waals surface area contributed by atoms with Crippen LogP contribution in [0.5, 0.6) is 5.75 Å². The minimum atomic E-state index is -3.86.